The van der Waals surface area contributed by atoms with Crippen molar-refractivity contribution in [1.82, 2.24) is 5.32 Å². The number of hydrogen-bond donors (Lipinski definition) is 3. The Morgan fingerprint density at radius 3 is 2.20 bits per heavy atom. The van der Waals surface area contributed by atoms with Gasteiger partial charge in [0.15, 0.2) is 5.78 Å². The molecule has 0 atom stereocenters. The van der Waals surface area contributed by atoms with Crippen LogP contribution in [0.2, 0.25) is 0 Å². The number of Topliss-reactive ketones (excluding diaryl/α,β-unsaturated/α-hetero) is 1. The summed E-state index contributed by atoms with van der Waals surface area (Å²) in [5, 5.41) is 2.53. The third-order valence-electron chi connectivity index (χ3n) is 0.887. The van der Waals surface area contributed by atoms with Crippen molar-refractivity contribution in [2.75, 3.05) is 0 Å². The van der Waals surface area contributed by atoms with Crippen molar-refractivity contribution in [3.05, 3.63) is 24.3 Å². The van der Waals surface area contributed by atoms with Gasteiger partial charge in [-0.15, -0.1) is 0 Å². The molecule has 0 aromatic heterocycles. The Morgan fingerprint density at radius 1 is 1.60 bits per heavy atom. The van der Waals surface area contributed by atoms with Gasteiger partial charge in [-0.1, -0.05) is 6.58 Å². The van der Waals surface area contributed by atoms with Gasteiger partial charge in [-0.3, -0.25) is 4.79 Å². The average molecular weight is 141 g/mol. The molecule has 0 aromatic rings. The molecule has 4 heteroatoms. The molecular formula is C6H11N3O. The van der Waals surface area contributed by atoms with Crippen molar-refractivity contribution in [3.63, 3.8) is 0 Å². The van der Waals surface area contributed by atoms with Crippen LogP contribution in [0.3, 0.4) is 0 Å². The van der Waals surface area contributed by atoms with Gasteiger partial charge in [0, 0.05) is 6.92 Å². The monoisotopic (exact) mass is 141 g/mol. The van der Waals surface area contributed by atoms with Crippen LogP contribution in [0.15, 0.2) is 24.3 Å². The highest BCUT2D eigenvalue weighted by atomic mass is 16.1. The van der Waals surface area contributed by atoms with Crippen LogP contribution < -0.4 is 16.8 Å². The minimum atomic E-state index is -0.208. The lowest BCUT2D eigenvalue weighted by Crippen LogP contribution is -2.23. The van der Waals surface area contributed by atoms with E-state index in [1.54, 1.807) is 0 Å². The fourth-order valence-electron chi connectivity index (χ4n) is 0.490. The third kappa shape index (κ3) is 2.21. The van der Waals surface area contributed by atoms with E-state index in [0.717, 1.165) is 0 Å². The minimum absolute atomic E-state index is 0.0209. The first kappa shape index (κ1) is 8.55. The molecule has 0 aliphatic carbocycles. The number of ketones is 1. The molecule has 0 unspecified atom stereocenters. The van der Waals surface area contributed by atoms with Gasteiger partial charge in [-0.2, -0.15) is 0 Å². The highest BCUT2D eigenvalue weighted by molar-refractivity contribution is 5.93. The molecule has 0 saturated heterocycles. The van der Waals surface area contributed by atoms with Crippen LogP contribution in [0.25, 0.3) is 0 Å². The van der Waals surface area contributed by atoms with Crippen LogP contribution in [-0.2, 0) is 4.79 Å². The van der Waals surface area contributed by atoms with Crippen molar-refractivity contribution < 1.29 is 4.79 Å². The molecule has 0 aliphatic heterocycles. The molecule has 0 aliphatic rings. The Labute approximate surface area is 59.6 Å². The summed E-state index contributed by atoms with van der Waals surface area (Å²) in [6, 6.07) is 0. The maximum atomic E-state index is 10.6. The number of rotatable bonds is 3. The molecular weight excluding hydrogens is 130 g/mol. The highest BCUT2D eigenvalue weighted by Crippen LogP contribution is 1.90. The van der Waals surface area contributed by atoms with E-state index in [1.165, 1.54) is 13.1 Å². The van der Waals surface area contributed by atoms with E-state index in [0.29, 0.717) is 0 Å². The van der Waals surface area contributed by atoms with Crippen molar-refractivity contribution in [1.29, 1.82) is 0 Å². The van der Waals surface area contributed by atoms with Gasteiger partial charge in [0.2, 0.25) is 0 Å². The zero-order chi connectivity index (χ0) is 8.15. The van der Waals surface area contributed by atoms with E-state index in [9.17, 15) is 4.79 Å². The lowest BCUT2D eigenvalue weighted by Gasteiger charge is -2.02. The second-order valence-electron chi connectivity index (χ2n) is 1.73. The van der Waals surface area contributed by atoms with Crippen molar-refractivity contribution in [2.45, 2.75) is 6.92 Å². The zero-order valence-corrected chi connectivity index (χ0v) is 5.85. The molecule has 56 valence electrons. The van der Waals surface area contributed by atoms with E-state index < -0.39 is 0 Å². The fourth-order valence-corrected chi connectivity index (χ4v) is 0.490. The zero-order valence-electron chi connectivity index (χ0n) is 5.85. The van der Waals surface area contributed by atoms with Gasteiger partial charge in [-0.05, 0) is 6.20 Å². The van der Waals surface area contributed by atoms with Crippen LogP contribution >= 0.6 is 0 Å². The molecule has 0 rings (SSSR count). The third-order valence-corrected chi connectivity index (χ3v) is 0.887. The highest BCUT2D eigenvalue weighted by Gasteiger charge is 2.03. The average Bonchev–Trinajstić information content (AvgIpc) is 1.81. The van der Waals surface area contributed by atoms with E-state index in [4.69, 9.17) is 11.5 Å². The summed E-state index contributed by atoms with van der Waals surface area (Å²) in [4.78, 5) is 10.6. The Hall–Kier alpha value is -1.45. The molecule has 0 fully saturated rings. The number of allylic oxidation sites excluding steroid dienone is 1. The van der Waals surface area contributed by atoms with Crippen molar-refractivity contribution in [2.24, 2.45) is 11.5 Å². The Bertz CT molecular complexity index is 179. The Kier molecular flexibility index (Phi) is 3.04. The molecule has 0 bridgehead atoms. The van der Waals surface area contributed by atoms with E-state index >= 15 is 0 Å². The minimum Gasteiger partial charge on any atom is -0.384 e. The summed E-state index contributed by atoms with van der Waals surface area (Å²) < 4.78 is 0. The van der Waals surface area contributed by atoms with E-state index in [-0.39, 0.29) is 17.3 Å². The second kappa shape index (κ2) is 3.55. The Balaban J connectivity index is 4.42. The summed E-state index contributed by atoms with van der Waals surface area (Å²) in [5.41, 5.74) is 10.5. The first-order valence-corrected chi connectivity index (χ1v) is 2.73. The molecule has 0 radical (unpaired) electrons. The number of hydrogen-bond acceptors (Lipinski definition) is 4. The fraction of sp³-hybridized carbons (Fsp3) is 0.167. The molecule has 0 aromatic carbocycles. The lowest BCUT2D eigenvalue weighted by atomic mass is 10.3. The predicted octanol–water partition coefficient (Wildman–Crippen LogP) is -0.605. The van der Waals surface area contributed by atoms with Crippen LogP contribution in [0.5, 0.6) is 0 Å². The summed E-state index contributed by atoms with van der Waals surface area (Å²) in [5.74, 6) is -0.229. The summed E-state index contributed by atoms with van der Waals surface area (Å²) in [6.45, 7) is 4.72. The molecule has 10 heavy (non-hydrogen) atoms. The van der Waals surface area contributed by atoms with Crippen LogP contribution in [0, 0.1) is 0 Å². The number of nitrogens with two attached hydrogens (primary N) is 2. The van der Waals surface area contributed by atoms with Gasteiger partial charge < -0.3 is 16.8 Å². The normalized spacial score (nSPS) is 8.10. The number of carbonyl (C=O) groups excluding carboxylic acids is 1. The quantitative estimate of drug-likeness (QED) is 0.458. The van der Waals surface area contributed by atoms with Gasteiger partial charge in [0.05, 0.1) is 0 Å². The number of nitrogens with one attached hydrogen (secondary N) is 1. The molecule has 0 amide bonds. The Morgan fingerprint density at radius 2 is 2.10 bits per heavy atom. The van der Waals surface area contributed by atoms with E-state index in [1.807, 2.05) is 0 Å². The maximum Gasteiger partial charge on any atom is 0.179 e. The molecule has 0 saturated carbocycles. The second-order valence-corrected chi connectivity index (χ2v) is 1.73. The lowest BCUT2D eigenvalue weighted by molar-refractivity contribution is -0.113. The first-order valence-electron chi connectivity index (χ1n) is 2.73. The van der Waals surface area contributed by atoms with Gasteiger partial charge in [0.1, 0.15) is 11.5 Å². The molecule has 0 heterocycles. The topological polar surface area (TPSA) is 81.1 Å². The van der Waals surface area contributed by atoms with Crippen molar-refractivity contribution >= 4 is 5.78 Å². The van der Waals surface area contributed by atoms with E-state index in [2.05, 4.69) is 11.9 Å². The van der Waals surface area contributed by atoms with Crippen LogP contribution in [0.1, 0.15) is 6.92 Å². The standard InChI is InChI=1S/C6H11N3O/c1-3-9-5(4(2)10)6(7)8/h3,9H,1,7-8H2,2H3. The molecule has 4 nitrogen and oxygen atoms in total. The largest absolute Gasteiger partial charge is 0.384 e. The molecule has 5 N–H and O–H groups in total. The molecule has 0 spiro atoms. The van der Waals surface area contributed by atoms with Crippen LogP contribution in [-0.4, -0.2) is 5.78 Å². The predicted molar refractivity (Wildman–Crippen MR) is 39.4 cm³/mol. The summed E-state index contributed by atoms with van der Waals surface area (Å²) >= 11 is 0. The summed E-state index contributed by atoms with van der Waals surface area (Å²) in [7, 11) is 0. The number of carbonyl (C=O) groups is 1. The van der Waals surface area contributed by atoms with Crippen molar-refractivity contribution in [3.8, 4) is 0 Å². The van der Waals surface area contributed by atoms with Gasteiger partial charge in [0.25, 0.3) is 0 Å². The summed E-state index contributed by atoms with van der Waals surface area (Å²) in [6.07, 6.45) is 1.34. The van der Waals surface area contributed by atoms with Gasteiger partial charge in [-0.25, -0.2) is 0 Å². The SMILES string of the molecule is C=CNC(C(C)=O)=C(N)N. The smallest absolute Gasteiger partial charge is 0.179 e. The first-order chi connectivity index (χ1) is 4.59. The maximum absolute atomic E-state index is 10.6. The van der Waals surface area contributed by atoms with Gasteiger partial charge >= 0.3 is 0 Å². The van der Waals surface area contributed by atoms with Crippen LogP contribution in [0.4, 0.5) is 0 Å².